The van der Waals surface area contributed by atoms with Crippen LogP contribution in [0.5, 0.6) is 11.5 Å². The van der Waals surface area contributed by atoms with Gasteiger partial charge in [-0.3, -0.25) is 0 Å². The number of ether oxygens (including phenoxy) is 5. The predicted molar refractivity (Wildman–Crippen MR) is 578 cm³/mol. The van der Waals surface area contributed by atoms with E-state index in [9.17, 15) is 57.2 Å². The molecule has 5 aromatic rings. The number of hydrogen-bond acceptors (Lipinski definition) is 17. The molecule has 4 saturated carbocycles. The zero-order chi connectivity index (χ0) is 107. The lowest BCUT2D eigenvalue weighted by molar-refractivity contribution is -0.0596. The first-order chi connectivity index (χ1) is 72.0. The fourth-order valence-corrected chi connectivity index (χ4v) is 24.4. The zero-order valence-electron chi connectivity index (χ0n) is 91.6. The third-order valence-corrected chi connectivity index (χ3v) is 32.9. The van der Waals surface area contributed by atoms with Gasteiger partial charge >= 0.3 is 24.1 Å². The van der Waals surface area contributed by atoms with E-state index in [2.05, 4.69) is 42.5 Å². The first kappa shape index (κ1) is 123. The largest absolute Gasteiger partial charge is 0.457 e. The van der Waals surface area contributed by atoms with Crippen molar-refractivity contribution in [2.75, 3.05) is 161 Å². The number of methoxy groups -OCH3 is 3. The number of urea groups is 4. The average Bonchev–Trinajstić information content (AvgIpc) is 1.74. The summed E-state index contributed by atoms with van der Waals surface area (Å²) in [4.78, 5) is 60.6. The summed E-state index contributed by atoms with van der Waals surface area (Å²) < 4.78 is 114. The van der Waals surface area contributed by atoms with Gasteiger partial charge in [-0.25, -0.2) is 45.5 Å². The number of unbranched alkanes of at least 4 members (excludes halogenated alkanes) is 4. The van der Waals surface area contributed by atoms with Crippen LogP contribution in [0.15, 0.2) is 109 Å². The van der Waals surface area contributed by atoms with E-state index in [4.69, 9.17) is 23.7 Å². The molecule has 8 aliphatic rings. The fraction of sp³-hybridized carbons (Fsp3) is 0.712. The Kier molecular flexibility index (Phi) is 53.1. The second-order valence-electron chi connectivity index (χ2n) is 44.2. The van der Waals surface area contributed by atoms with Crippen LogP contribution in [0.4, 0.5) is 45.5 Å². The first-order valence-electron chi connectivity index (χ1n) is 56.8. The molecular formula is C118H186F6N12O13. The third-order valence-electron chi connectivity index (χ3n) is 32.9. The molecule has 4 heterocycles. The summed E-state index contributed by atoms with van der Waals surface area (Å²) in [6.07, 6.45) is 30.6. The molecule has 25 nitrogen and oxygen atoms in total. The van der Waals surface area contributed by atoms with Crippen LogP contribution in [-0.4, -0.2) is 262 Å². The number of carbonyl (C=O) groups is 4. The summed E-state index contributed by atoms with van der Waals surface area (Å²) in [6.45, 7) is 15.2. The number of amides is 8. The number of rotatable bonds is 51. The zero-order valence-corrected chi connectivity index (χ0v) is 91.6. The molecular weight excluding hydrogens is 1910 g/mol. The van der Waals surface area contributed by atoms with Crippen LogP contribution in [-0.2, 0) is 41.4 Å². The van der Waals surface area contributed by atoms with Crippen LogP contribution in [0.3, 0.4) is 0 Å². The van der Waals surface area contributed by atoms with Gasteiger partial charge in [0.05, 0.1) is 22.4 Å². The van der Waals surface area contributed by atoms with Gasteiger partial charge in [0.1, 0.15) is 35.5 Å². The quantitative estimate of drug-likeness (QED) is 0.0127. The molecule has 0 aromatic heterocycles. The van der Waals surface area contributed by atoms with E-state index in [1.807, 2.05) is 94.6 Å². The Bertz CT molecular complexity index is 4540. The first-order valence-corrected chi connectivity index (χ1v) is 56.8. The van der Waals surface area contributed by atoms with Crippen LogP contribution in [0.1, 0.15) is 291 Å². The van der Waals surface area contributed by atoms with Crippen molar-refractivity contribution < 1.29 is 89.6 Å². The number of aliphatic hydroxyl groups is 4. The fourth-order valence-electron chi connectivity index (χ4n) is 24.4. The number of alkyl halides is 2. The Hall–Kier alpha value is -7.92. The van der Waals surface area contributed by atoms with Gasteiger partial charge in [-0.1, -0.05) is 130 Å². The standard InChI is InChI=1S/C31H45N3O4.3C29H47F2N3O3/c1-32-22-26(21-24-16-17-24)33-30(35)34-19-10-11-25(23-34)31(36,18-8-9-20-37-2)28-14-6-7-15-29(28)38-27-12-4-3-5-13-27;2*1-21-8-6-10-26(27(21)31)29(36,15-4-5-17-37-3)23-9-7-16-34(20-23)28(35)33-25(19-32-2)18-22-11-13-24(30)14-12-22;1-3-37-18-8-7-16-29(36,25-14-9-15-26(30)27(25)31)23-13-10-17-34(21-23)28(35)33-24(20-32-2)19-22-11-5-4-6-12-22/h3-7,12-15,24-26,32,36H,8-11,16-23H2,1-2H3,(H,33,35);2*6,8,10,22-25,32,36H,4-5,7,9,11-20H2,1-3H3,(H,33,35);9,14-15,22-24,32,36H,3-8,10-13,16-21H2,1-2H3,(H,33,35)/t25-,26+,31+;2*22?,23-,24?,25+,29+;23-,24+,29+/m1111/s1. The smallest absolute Gasteiger partial charge is 0.317 e. The van der Waals surface area contributed by atoms with Crippen molar-refractivity contribution in [3.63, 3.8) is 0 Å². The number of benzene rings is 5. The van der Waals surface area contributed by atoms with Crippen molar-refractivity contribution in [2.45, 2.75) is 330 Å². The molecule has 12 atom stereocenters. The van der Waals surface area contributed by atoms with Crippen molar-refractivity contribution in [3.8, 4) is 11.5 Å². The van der Waals surface area contributed by atoms with Gasteiger partial charge in [0, 0.05) is 203 Å². The number of halogens is 6. The van der Waals surface area contributed by atoms with E-state index < -0.39 is 52.3 Å². The monoisotopic (exact) mass is 2090 g/mol. The van der Waals surface area contributed by atoms with Gasteiger partial charge in [0.25, 0.3) is 0 Å². The Balaban J connectivity index is 0.000000203. The highest BCUT2D eigenvalue weighted by Crippen LogP contribution is 2.49. The Morgan fingerprint density at radius 2 is 0.658 bits per heavy atom. The van der Waals surface area contributed by atoms with Crippen LogP contribution < -0.4 is 47.3 Å². The summed E-state index contributed by atoms with van der Waals surface area (Å²) in [6, 6.07) is 31.5. The lowest BCUT2D eigenvalue weighted by atomic mass is 9.73. The normalized spacial score (nSPS) is 22.8. The summed E-state index contributed by atoms with van der Waals surface area (Å²) >= 11 is 0. The molecule has 838 valence electrons. The number of hydrogen-bond donors (Lipinski definition) is 12. The molecule has 0 unspecified atom stereocenters. The van der Waals surface area contributed by atoms with Crippen molar-refractivity contribution >= 4 is 24.1 Å². The highest BCUT2D eigenvalue weighted by Gasteiger charge is 2.49. The van der Waals surface area contributed by atoms with Gasteiger partial charge in [-0.05, 0) is 313 Å². The van der Waals surface area contributed by atoms with Gasteiger partial charge in [0.2, 0.25) is 0 Å². The molecule has 8 fully saturated rings. The van der Waals surface area contributed by atoms with E-state index >= 15 is 8.78 Å². The number of para-hydroxylation sites is 2. The highest BCUT2D eigenvalue weighted by atomic mass is 19.2. The summed E-state index contributed by atoms with van der Waals surface area (Å²) in [5.41, 5.74) is -2.97. The molecule has 0 bridgehead atoms. The SMILES string of the molecule is CCOCCCC[C@@](O)(c1cccc(F)c1F)[C@@H]1CCCN(C(=O)N[C@H](CNC)CC2CCCCC2)C1.CNC[C@H](CC1CC1)NC(=O)N1CCC[C@@H]([C@@](O)(CCCCOC)c2ccccc2Oc2ccccc2)C1.CNC[C@H](CC1CCC(F)CC1)NC(=O)N1CCC[C@@H]([C@@](O)(CCCCOC)c2cccc(C)c2F)C1.CNC[C@H](CC1CCC(F)CC1)NC(=O)N1CCC[C@@H]([C@@](O)(CCCCOC)c2cccc(C)c2F)C1. The molecule has 149 heavy (non-hydrogen) atoms. The molecule has 4 aliphatic carbocycles. The molecule has 0 spiro atoms. The van der Waals surface area contributed by atoms with Crippen LogP contribution in [0.2, 0.25) is 0 Å². The maximum absolute atomic E-state index is 15.3. The number of nitrogens with one attached hydrogen (secondary N) is 8. The molecule has 31 heteroatoms. The van der Waals surface area contributed by atoms with E-state index in [1.165, 1.54) is 57.1 Å². The van der Waals surface area contributed by atoms with Gasteiger partial charge in [-0.15, -0.1) is 0 Å². The van der Waals surface area contributed by atoms with Crippen LogP contribution in [0, 0.1) is 84.5 Å². The van der Waals surface area contributed by atoms with Crippen molar-refractivity contribution in [3.05, 3.63) is 166 Å². The third kappa shape index (κ3) is 38.0. The second kappa shape index (κ2) is 64.4. The number of piperidine rings is 4. The molecule has 13 rings (SSSR count). The topological polar surface area (TPSA) is 305 Å². The second-order valence-corrected chi connectivity index (χ2v) is 44.2. The lowest BCUT2D eigenvalue weighted by Crippen LogP contribution is -2.54. The Labute approximate surface area is 887 Å². The molecule has 5 aromatic carbocycles. The number of likely N-dealkylation sites (N-methyl/N-ethyl adjacent to an activating group) is 4. The van der Waals surface area contributed by atoms with E-state index in [1.54, 1.807) is 86.3 Å². The minimum atomic E-state index is -1.57. The summed E-state index contributed by atoms with van der Waals surface area (Å²) in [5, 5.41) is 74.2. The van der Waals surface area contributed by atoms with Crippen molar-refractivity contribution in [1.29, 1.82) is 0 Å². The lowest BCUT2D eigenvalue weighted by Gasteiger charge is -2.43. The number of carbonyl (C=O) groups excluding carboxylic acids is 4. The summed E-state index contributed by atoms with van der Waals surface area (Å²) in [7, 11) is 12.6. The number of aryl methyl sites for hydroxylation is 2. The maximum Gasteiger partial charge on any atom is 0.317 e. The van der Waals surface area contributed by atoms with Crippen LogP contribution in [0.25, 0.3) is 0 Å². The minimum Gasteiger partial charge on any atom is -0.457 e. The highest BCUT2D eigenvalue weighted by molar-refractivity contribution is 5.76. The Morgan fingerprint density at radius 3 is 0.993 bits per heavy atom. The van der Waals surface area contributed by atoms with Gasteiger partial charge in [-0.2, -0.15) is 0 Å². The number of likely N-dealkylation sites (tertiary alicyclic amines) is 4. The van der Waals surface area contributed by atoms with Crippen molar-refractivity contribution in [2.24, 2.45) is 47.3 Å². The predicted octanol–water partition coefficient (Wildman–Crippen LogP) is 20.8. The van der Waals surface area contributed by atoms with Crippen LogP contribution >= 0.6 is 0 Å². The molecule has 12 N–H and O–H groups in total. The summed E-state index contributed by atoms with van der Waals surface area (Å²) in [5.74, 6) is -0.125. The molecule has 8 amide bonds. The number of nitrogens with zero attached hydrogens (tertiary/aromatic N) is 4. The van der Waals surface area contributed by atoms with Crippen molar-refractivity contribution in [1.82, 2.24) is 62.1 Å². The van der Waals surface area contributed by atoms with E-state index in [0.717, 1.165) is 152 Å². The minimum absolute atomic E-state index is 0.0125. The maximum atomic E-state index is 15.3. The van der Waals surface area contributed by atoms with E-state index in [-0.39, 0.29) is 89.7 Å². The molecule has 4 saturated heterocycles. The van der Waals surface area contributed by atoms with E-state index in [0.29, 0.717) is 228 Å². The van der Waals surface area contributed by atoms with Gasteiger partial charge in [0.15, 0.2) is 11.6 Å². The average molecular weight is 2090 g/mol. The Morgan fingerprint density at radius 1 is 0.356 bits per heavy atom. The molecule has 4 aliphatic heterocycles. The molecule has 0 radical (unpaired) electrons. The van der Waals surface area contributed by atoms with Gasteiger partial charge < -0.3 is 106 Å².